The molecule has 2 atom stereocenters. The molecule has 1 aromatic rings. The topological polar surface area (TPSA) is 52.6 Å². The number of benzene rings is 1. The Morgan fingerprint density at radius 2 is 1.72 bits per heavy atom. The van der Waals surface area contributed by atoms with Gasteiger partial charge in [0.2, 0.25) is 0 Å². The zero-order chi connectivity index (χ0) is 13.0. The molecule has 0 saturated heterocycles. The summed E-state index contributed by atoms with van der Waals surface area (Å²) < 4.78 is 10.0. The first-order chi connectivity index (χ1) is 8.72. The van der Waals surface area contributed by atoms with E-state index in [1.165, 1.54) is 0 Å². The molecule has 0 spiro atoms. The number of rotatable bonds is 5. The van der Waals surface area contributed by atoms with Gasteiger partial charge >= 0.3 is 11.9 Å². The van der Waals surface area contributed by atoms with Crippen LogP contribution in [-0.4, -0.2) is 18.5 Å². The van der Waals surface area contributed by atoms with Crippen molar-refractivity contribution in [1.82, 2.24) is 0 Å². The van der Waals surface area contributed by atoms with Crippen molar-refractivity contribution in [2.45, 2.75) is 20.0 Å². The first-order valence-corrected chi connectivity index (χ1v) is 6.09. The number of esters is 2. The number of hydrogen-bond acceptors (Lipinski definition) is 4. The van der Waals surface area contributed by atoms with Crippen LogP contribution in [0.15, 0.2) is 30.3 Å². The molecule has 2 unspecified atom stereocenters. The van der Waals surface area contributed by atoms with Crippen LogP contribution in [-0.2, 0) is 25.7 Å². The van der Waals surface area contributed by atoms with Crippen molar-refractivity contribution < 1.29 is 19.1 Å². The van der Waals surface area contributed by atoms with E-state index in [4.69, 9.17) is 9.47 Å². The summed E-state index contributed by atoms with van der Waals surface area (Å²) in [5.74, 6) is -1.21. The molecule has 1 aromatic carbocycles. The van der Waals surface area contributed by atoms with Crippen molar-refractivity contribution in [3.05, 3.63) is 35.9 Å². The molecule has 0 heterocycles. The molecule has 0 aliphatic heterocycles. The first-order valence-electron chi connectivity index (χ1n) is 6.09. The van der Waals surface area contributed by atoms with Gasteiger partial charge in [0.15, 0.2) is 0 Å². The second-order valence-electron chi connectivity index (χ2n) is 4.29. The summed E-state index contributed by atoms with van der Waals surface area (Å²) in [5, 5.41) is 0. The van der Waals surface area contributed by atoms with Crippen molar-refractivity contribution in [2.24, 2.45) is 11.8 Å². The summed E-state index contributed by atoms with van der Waals surface area (Å²) in [6.07, 6.45) is 0.548. The summed E-state index contributed by atoms with van der Waals surface area (Å²) in [6.45, 7) is 2.36. The average molecular weight is 248 g/mol. The van der Waals surface area contributed by atoms with Gasteiger partial charge < -0.3 is 9.47 Å². The van der Waals surface area contributed by atoms with Gasteiger partial charge in [-0.05, 0) is 18.9 Å². The Hall–Kier alpha value is -1.84. The predicted octanol–water partition coefficient (Wildman–Crippen LogP) is 1.93. The smallest absolute Gasteiger partial charge is 0.310 e. The number of carbonyl (C=O) groups is 2. The van der Waals surface area contributed by atoms with Crippen LogP contribution < -0.4 is 0 Å². The highest BCUT2D eigenvalue weighted by Gasteiger charge is 2.50. The molecular formula is C14H16O4. The van der Waals surface area contributed by atoms with Gasteiger partial charge in [-0.15, -0.1) is 0 Å². The van der Waals surface area contributed by atoms with Gasteiger partial charge in [-0.1, -0.05) is 30.3 Å². The fraction of sp³-hybridized carbons (Fsp3) is 0.429. The van der Waals surface area contributed by atoms with Crippen molar-refractivity contribution in [3.8, 4) is 0 Å². The zero-order valence-electron chi connectivity index (χ0n) is 10.3. The normalized spacial score (nSPS) is 21.2. The number of hydrogen-bond donors (Lipinski definition) is 0. The van der Waals surface area contributed by atoms with E-state index < -0.39 is 0 Å². The van der Waals surface area contributed by atoms with Crippen LogP contribution in [0.3, 0.4) is 0 Å². The van der Waals surface area contributed by atoms with E-state index in [0.717, 1.165) is 5.56 Å². The molecule has 0 radical (unpaired) electrons. The number of carbonyl (C=O) groups excluding carboxylic acids is 2. The van der Waals surface area contributed by atoms with E-state index >= 15 is 0 Å². The van der Waals surface area contributed by atoms with Crippen LogP contribution in [0.5, 0.6) is 0 Å². The van der Waals surface area contributed by atoms with E-state index in [9.17, 15) is 9.59 Å². The van der Waals surface area contributed by atoms with Crippen molar-refractivity contribution in [3.63, 3.8) is 0 Å². The summed E-state index contributed by atoms with van der Waals surface area (Å²) in [5.41, 5.74) is 0.944. The van der Waals surface area contributed by atoms with E-state index in [-0.39, 0.29) is 30.4 Å². The molecule has 4 nitrogen and oxygen atoms in total. The molecule has 1 aliphatic carbocycles. The molecule has 18 heavy (non-hydrogen) atoms. The van der Waals surface area contributed by atoms with Crippen molar-refractivity contribution >= 4 is 11.9 Å². The summed E-state index contributed by atoms with van der Waals surface area (Å²) >= 11 is 0. The number of ether oxygens (including phenoxy) is 2. The lowest BCUT2D eigenvalue weighted by molar-refractivity contribution is -0.151. The van der Waals surface area contributed by atoms with Crippen LogP contribution in [0.2, 0.25) is 0 Å². The molecule has 0 bridgehead atoms. The molecule has 4 heteroatoms. The molecule has 1 fully saturated rings. The fourth-order valence-corrected chi connectivity index (χ4v) is 1.80. The molecular weight excluding hydrogens is 232 g/mol. The second kappa shape index (κ2) is 5.67. The highest BCUT2D eigenvalue weighted by molar-refractivity contribution is 5.87. The van der Waals surface area contributed by atoms with Crippen LogP contribution in [0.4, 0.5) is 0 Å². The lowest BCUT2D eigenvalue weighted by Crippen LogP contribution is -2.13. The van der Waals surface area contributed by atoms with Gasteiger partial charge in [0, 0.05) is 0 Å². The largest absolute Gasteiger partial charge is 0.466 e. The Balaban J connectivity index is 1.76. The molecule has 0 N–H and O–H groups in total. The van der Waals surface area contributed by atoms with Crippen LogP contribution in [0.1, 0.15) is 18.9 Å². The molecule has 2 rings (SSSR count). The van der Waals surface area contributed by atoms with Crippen LogP contribution >= 0.6 is 0 Å². The zero-order valence-corrected chi connectivity index (χ0v) is 10.3. The monoisotopic (exact) mass is 248 g/mol. The van der Waals surface area contributed by atoms with E-state index in [1.54, 1.807) is 6.92 Å². The van der Waals surface area contributed by atoms with E-state index in [0.29, 0.717) is 13.0 Å². The van der Waals surface area contributed by atoms with Crippen molar-refractivity contribution in [2.75, 3.05) is 6.61 Å². The Bertz CT molecular complexity index is 427. The van der Waals surface area contributed by atoms with Gasteiger partial charge in [0.1, 0.15) is 6.61 Å². The van der Waals surface area contributed by atoms with Gasteiger partial charge in [0.25, 0.3) is 0 Å². The fourth-order valence-electron chi connectivity index (χ4n) is 1.80. The average Bonchev–Trinajstić information content (AvgIpc) is 3.18. The minimum absolute atomic E-state index is 0.256. The quantitative estimate of drug-likeness (QED) is 0.747. The van der Waals surface area contributed by atoms with E-state index in [1.807, 2.05) is 30.3 Å². The second-order valence-corrected chi connectivity index (χ2v) is 4.29. The lowest BCUT2D eigenvalue weighted by Gasteiger charge is -2.04. The minimum atomic E-state index is -0.312. The standard InChI is InChI=1S/C14H16O4/c1-2-17-13(15)11-8-12(11)14(16)18-9-10-6-4-3-5-7-10/h3-7,11-12H,2,8-9H2,1H3. The predicted molar refractivity (Wildman–Crippen MR) is 64.5 cm³/mol. The third kappa shape index (κ3) is 3.09. The van der Waals surface area contributed by atoms with Gasteiger partial charge in [-0.25, -0.2) is 0 Å². The molecule has 1 aliphatic rings. The Labute approximate surface area is 106 Å². The third-order valence-corrected chi connectivity index (χ3v) is 2.91. The molecule has 0 aromatic heterocycles. The Morgan fingerprint density at radius 1 is 1.11 bits per heavy atom. The Kier molecular flexibility index (Phi) is 3.97. The first kappa shape index (κ1) is 12.6. The highest BCUT2D eigenvalue weighted by atomic mass is 16.5. The van der Waals surface area contributed by atoms with Gasteiger partial charge in [0.05, 0.1) is 18.4 Å². The summed E-state index contributed by atoms with van der Waals surface area (Å²) in [4.78, 5) is 23.0. The molecule has 96 valence electrons. The molecule has 0 amide bonds. The Morgan fingerprint density at radius 3 is 2.33 bits per heavy atom. The summed E-state index contributed by atoms with van der Waals surface area (Å²) in [7, 11) is 0. The maximum absolute atomic E-state index is 11.7. The maximum atomic E-state index is 11.7. The van der Waals surface area contributed by atoms with Crippen LogP contribution in [0.25, 0.3) is 0 Å². The maximum Gasteiger partial charge on any atom is 0.310 e. The SMILES string of the molecule is CCOC(=O)C1CC1C(=O)OCc1ccccc1. The minimum Gasteiger partial charge on any atom is -0.466 e. The van der Waals surface area contributed by atoms with Crippen LogP contribution in [0, 0.1) is 11.8 Å². The summed E-state index contributed by atoms with van der Waals surface area (Å²) in [6, 6.07) is 9.47. The van der Waals surface area contributed by atoms with Gasteiger partial charge in [-0.2, -0.15) is 0 Å². The third-order valence-electron chi connectivity index (χ3n) is 2.91. The highest BCUT2D eigenvalue weighted by Crippen LogP contribution is 2.40. The lowest BCUT2D eigenvalue weighted by atomic mass is 10.2. The van der Waals surface area contributed by atoms with Gasteiger partial charge in [-0.3, -0.25) is 9.59 Å². The van der Waals surface area contributed by atoms with Crippen molar-refractivity contribution in [1.29, 1.82) is 0 Å². The molecule has 1 saturated carbocycles. The van der Waals surface area contributed by atoms with E-state index in [2.05, 4.69) is 0 Å².